The average Bonchev–Trinajstić information content (AvgIpc) is 2.28. The van der Waals surface area contributed by atoms with Crippen molar-refractivity contribution in [2.75, 3.05) is 32.1 Å². The maximum Gasteiger partial charge on any atom is 0.123 e. The SMILES string of the molecule is CCN(c1ccc(C(=N)N)c(Br)c1)C(C)CN(C)C. The molecule has 1 rings (SSSR count). The van der Waals surface area contributed by atoms with E-state index in [4.69, 9.17) is 11.1 Å². The van der Waals surface area contributed by atoms with Crippen LogP contribution in [0.2, 0.25) is 0 Å². The number of hydrogen-bond donors (Lipinski definition) is 2. The Hall–Kier alpha value is -1.07. The van der Waals surface area contributed by atoms with Crippen LogP contribution in [0.15, 0.2) is 22.7 Å². The van der Waals surface area contributed by atoms with Crippen molar-refractivity contribution in [3.63, 3.8) is 0 Å². The van der Waals surface area contributed by atoms with E-state index in [0.29, 0.717) is 6.04 Å². The summed E-state index contributed by atoms with van der Waals surface area (Å²) < 4.78 is 0.869. The molecule has 106 valence electrons. The number of halogens is 1. The van der Waals surface area contributed by atoms with Gasteiger partial charge in [-0.2, -0.15) is 0 Å². The lowest BCUT2D eigenvalue weighted by Gasteiger charge is -2.32. The molecule has 4 nitrogen and oxygen atoms in total. The van der Waals surface area contributed by atoms with Crippen molar-refractivity contribution in [3.05, 3.63) is 28.2 Å². The second kappa shape index (κ2) is 6.91. The highest BCUT2D eigenvalue weighted by Gasteiger charge is 2.15. The molecule has 0 aliphatic heterocycles. The molecule has 0 saturated carbocycles. The zero-order valence-electron chi connectivity index (χ0n) is 12.1. The first-order valence-corrected chi connectivity index (χ1v) is 7.21. The highest BCUT2D eigenvalue weighted by Crippen LogP contribution is 2.25. The smallest absolute Gasteiger partial charge is 0.123 e. The van der Waals surface area contributed by atoms with Crippen molar-refractivity contribution >= 4 is 27.5 Å². The summed E-state index contributed by atoms with van der Waals surface area (Å²) in [7, 11) is 4.16. The molecule has 0 radical (unpaired) electrons. The summed E-state index contributed by atoms with van der Waals surface area (Å²) in [5, 5.41) is 7.50. The fourth-order valence-electron chi connectivity index (χ4n) is 2.28. The van der Waals surface area contributed by atoms with Gasteiger partial charge in [-0.15, -0.1) is 0 Å². The van der Waals surface area contributed by atoms with Gasteiger partial charge in [0.05, 0.1) is 0 Å². The van der Waals surface area contributed by atoms with Crippen LogP contribution in [-0.4, -0.2) is 44.0 Å². The maximum atomic E-state index is 7.50. The number of nitrogens with two attached hydrogens (primary N) is 1. The molecule has 1 aromatic rings. The zero-order chi connectivity index (χ0) is 14.6. The van der Waals surface area contributed by atoms with Crippen LogP contribution < -0.4 is 10.6 Å². The van der Waals surface area contributed by atoms with Gasteiger partial charge in [-0.05, 0) is 62.1 Å². The van der Waals surface area contributed by atoms with Crippen LogP contribution in [-0.2, 0) is 0 Å². The van der Waals surface area contributed by atoms with Gasteiger partial charge >= 0.3 is 0 Å². The van der Waals surface area contributed by atoms with Crippen LogP contribution in [0.3, 0.4) is 0 Å². The van der Waals surface area contributed by atoms with Gasteiger partial charge in [0, 0.05) is 34.9 Å². The number of likely N-dealkylation sites (N-methyl/N-ethyl adjacent to an activating group) is 2. The summed E-state index contributed by atoms with van der Waals surface area (Å²) in [5.41, 5.74) is 7.42. The minimum atomic E-state index is 0.0859. The van der Waals surface area contributed by atoms with Crippen molar-refractivity contribution in [1.29, 1.82) is 5.41 Å². The predicted molar refractivity (Wildman–Crippen MR) is 86.2 cm³/mol. The van der Waals surface area contributed by atoms with Crippen molar-refractivity contribution in [2.45, 2.75) is 19.9 Å². The molecule has 3 N–H and O–H groups in total. The van der Waals surface area contributed by atoms with Gasteiger partial charge < -0.3 is 15.5 Å². The summed E-state index contributed by atoms with van der Waals surface area (Å²) in [4.78, 5) is 4.53. The molecule has 1 unspecified atom stereocenters. The van der Waals surface area contributed by atoms with Gasteiger partial charge in [-0.25, -0.2) is 0 Å². The summed E-state index contributed by atoms with van der Waals surface area (Å²) in [6.45, 7) is 6.32. The van der Waals surface area contributed by atoms with E-state index in [1.807, 2.05) is 18.2 Å². The largest absolute Gasteiger partial charge is 0.384 e. The number of rotatable bonds is 6. The van der Waals surface area contributed by atoms with Crippen molar-refractivity contribution in [3.8, 4) is 0 Å². The Balaban J connectivity index is 2.99. The summed E-state index contributed by atoms with van der Waals surface area (Å²) in [6, 6.07) is 6.38. The molecule has 0 aromatic heterocycles. The lowest BCUT2D eigenvalue weighted by atomic mass is 10.1. The average molecular weight is 327 g/mol. The Bertz CT molecular complexity index is 445. The maximum absolute atomic E-state index is 7.50. The number of hydrogen-bond acceptors (Lipinski definition) is 3. The standard InChI is InChI=1S/C14H23BrN4/c1-5-19(10(2)9-18(3)4)11-6-7-12(14(16)17)13(15)8-11/h6-8,10H,5,9H2,1-4H3,(H3,16,17). The Labute approximate surface area is 124 Å². The normalized spacial score (nSPS) is 12.5. The minimum Gasteiger partial charge on any atom is -0.384 e. The number of benzene rings is 1. The zero-order valence-corrected chi connectivity index (χ0v) is 13.7. The molecule has 0 aliphatic rings. The first-order chi connectivity index (χ1) is 8.86. The molecule has 0 amide bonds. The molecular formula is C14H23BrN4. The van der Waals surface area contributed by atoms with E-state index in [1.165, 1.54) is 0 Å². The van der Waals surface area contributed by atoms with E-state index in [-0.39, 0.29) is 5.84 Å². The Kier molecular flexibility index (Phi) is 5.82. The predicted octanol–water partition coefficient (Wildman–Crippen LogP) is 2.51. The van der Waals surface area contributed by atoms with E-state index in [9.17, 15) is 0 Å². The fraction of sp³-hybridized carbons (Fsp3) is 0.500. The lowest BCUT2D eigenvalue weighted by Crippen LogP contribution is -2.40. The number of nitrogen functional groups attached to an aromatic ring is 1. The number of nitrogens with zero attached hydrogens (tertiary/aromatic N) is 2. The molecule has 5 heteroatoms. The lowest BCUT2D eigenvalue weighted by molar-refractivity contribution is 0.373. The molecular weight excluding hydrogens is 304 g/mol. The van der Waals surface area contributed by atoms with Crippen LogP contribution in [0.4, 0.5) is 5.69 Å². The minimum absolute atomic E-state index is 0.0859. The molecule has 1 aromatic carbocycles. The van der Waals surface area contributed by atoms with Crippen molar-refractivity contribution in [2.24, 2.45) is 5.73 Å². The number of amidine groups is 1. The van der Waals surface area contributed by atoms with E-state index in [0.717, 1.165) is 28.8 Å². The van der Waals surface area contributed by atoms with Crippen LogP contribution in [0.5, 0.6) is 0 Å². The monoisotopic (exact) mass is 326 g/mol. The van der Waals surface area contributed by atoms with Crippen molar-refractivity contribution in [1.82, 2.24) is 4.90 Å². The van der Waals surface area contributed by atoms with Crippen LogP contribution in [0, 0.1) is 5.41 Å². The van der Waals surface area contributed by atoms with Crippen molar-refractivity contribution < 1.29 is 0 Å². The second-order valence-electron chi connectivity index (χ2n) is 4.98. The van der Waals surface area contributed by atoms with E-state index in [2.05, 4.69) is 53.7 Å². The van der Waals surface area contributed by atoms with Gasteiger partial charge in [0.2, 0.25) is 0 Å². The summed E-state index contributed by atoms with van der Waals surface area (Å²) >= 11 is 3.49. The number of anilines is 1. The highest BCUT2D eigenvalue weighted by atomic mass is 79.9. The van der Waals surface area contributed by atoms with E-state index >= 15 is 0 Å². The van der Waals surface area contributed by atoms with Crippen LogP contribution in [0.25, 0.3) is 0 Å². The molecule has 0 heterocycles. The Morgan fingerprint density at radius 3 is 2.47 bits per heavy atom. The Morgan fingerprint density at radius 1 is 1.42 bits per heavy atom. The molecule has 19 heavy (non-hydrogen) atoms. The van der Waals surface area contributed by atoms with Gasteiger partial charge in [-0.3, -0.25) is 5.41 Å². The van der Waals surface area contributed by atoms with Gasteiger partial charge in [-0.1, -0.05) is 0 Å². The Morgan fingerprint density at radius 2 is 2.05 bits per heavy atom. The van der Waals surface area contributed by atoms with Crippen LogP contribution >= 0.6 is 15.9 Å². The first-order valence-electron chi connectivity index (χ1n) is 6.42. The molecule has 0 saturated heterocycles. The third-order valence-corrected chi connectivity index (χ3v) is 3.73. The molecule has 0 spiro atoms. The van der Waals surface area contributed by atoms with Crippen LogP contribution in [0.1, 0.15) is 19.4 Å². The third kappa shape index (κ3) is 4.21. The summed E-state index contributed by atoms with van der Waals surface area (Å²) in [5.74, 6) is 0.0859. The quantitative estimate of drug-likeness (QED) is 0.623. The highest BCUT2D eigenvalue weighted by molar-refractivity contribution is 9.10. The summed E-state index contributed by atoms with van der Waals surface area (Å²) in [6.07, 6.45) is 0. The van der Waals surface area contributed by atoms with E-state index < -0.39 is 0 Å². The second-order valence-corrected chi connectivity index (χ2v) is 5.83. The molecule has 1 atom stereocenters. The van der Waals surface area contributed by atoms with Gasteiger partial charge in [0.25, 0.3) is 0 Å². The fourth-order valence-corrected chi connectivity index (χ4v) is 2.86. The topological polar surface area (TPSA) is 56.4 Å². The molecule has 0 fully saturated rings. The third-order valence-electron chi connectivity index (χ3n) is 3.08. The van der Waals surface area contributed by atoms with Gasteiger partial charge in [0.1, 0.15) is 5.84 Å². The van der Waals surface area contributed by atoms with Gasteiger partial charge in [0.15, 0.2) is 0 Å². The molecule has 0 aliphatic carbocycles. The van der Waals surface area contributed by atoms with E-state index in [1.54, 1.807) is 0 Å². The molecule has 0 bridgehead atoms. The number of nitrogens with one attached hydrogen (secondary N) is 1. The first kappa shape index (κ1) is 16.0.